The standard InChI is InChI=1S/C14H12N2O4S2/c17-13(15-19)9-1-5-11(6-2-9)21-22-12-7-3-10(4-8-12)14(18)16-20/h1-8,19-20H,(H,15,17)(H,16,18). The maximum Gasteiger partial charge on any atom is 0.274 e. The van der Waals surface area contributed by atoms with Gasteiger partial charge in [0.1, 0.15) is 0 Å². The molecule has 6 nitrogen and oxygen atoms in total. The first kappa shape index (κ1) is 16.4. The van der Waals surface area contributed by atoms with Gasteiger partial charge in [0.25, 0.3) is 11.8 Å². The SMILES string of the molecule is O=C(NO)c1ccc(SSc2ccc(C(=O)NO)cc2)cc1. The lowest BCUT2D eigenvalue weighted by Gasteiger charge is -2.04. The van der Waals surface area contributed by atoms with Crippen molar-refractivity contribution in [1.82, 2.24) is 11.0 Å². The van der Waals surface area contributed by atoms with Crippen molar-refractivity contribution in [3.05, 3.63) is 59.7 Å². The van der Waals surface area contributed by atoms with Crippen LogP contribution in [0.15, 0.2) is 58.3 Å². The third-order valence-corrected chi connectivity index (χ3v) is 5.09. The Kier molecular flexibility index (Phi) is 5.84. The predicted molar refractivity (Wildman–Crippen MR) is 83.1 cm³/mol. The highest BCUT2D eigenvalue weighted by Crippen LogP contribution is 2.37. The van der Waals surface area contributed by atoms with E-state index in [-0.39, 0.29) is 0 Å². The molecule has 0 aliphatic heterocycles. The minimum Gasteiger partial charge on any atom is -0.288 e. The Balaban J connectivity index is 1.95. The van der Waals surface area contributed by atoms with Crippen molar-refractivity contribution < 1.29 is 20.0 Å². The average molecular weight is 336 g/mol. The van der Waals surface area contributed by atoms with Crippen LogP contribution in [-0.2, 0) is 0 Å². The number of amides is 2. The summed E-state index contributed by atoms with van der Waals surface area (Å²) in [5.41, 5.74) is 3.90. The van der Waals surface area contributed by atoms with Gasteiger partial charge in [-0.25, -0.2) is 11.0 Å². The normalized spacial score (nSPS) is 10.1. The third kappa shape index (κ3) is 4.25. The number of nitrogens with one attached hydrogen (secondary N) is 2. The van der Waals surface area contributed by atoms with E-state index in [2.05, 4.69) is 0 Å². The molecule has 0 unspecified atom stereocenters. The zero-order chi connectivity index (χ0) is 15.9. The van der Waals surface area contributed by atoms with Gasteiger partial charge in [0.15, 0.2) is 0 Å². The van der Waals surface area contributed by atoms with Crippen LogP contribution in [0.25, 0.3) is 0 Å². The van der Waals surface area contributed by atoms with E-state index in [1.807, 2.05) is 0 Å². The van der Waals surface area contributed by atoms with Crippen LogP contribution in [-0.4, -0.2) is 22.2 Å². The highest BCUT2D eigenvalue weighted by Gasteiger charge is 2.06. The monoisotopic (exact) mass is 336 g/mol. The number of carbonyl (C=O) groups excluding carboxylic acids is 2. The first-order valence-electron chi connectivity index (χ1n) is 6.07. The van der Waals surface area contributed by atoms with E-state index in [4.69, 9.17) is 10.4 Å². The molecule has 2 aromatic rings. The van der Waals surface area contributed by atoms with Gasteiger partial charge in [0, 0.05) is 20.9 Å². The molecule has 2 rings (SSSR count). The summed E-state index contributed by atoms with van der Waals surface area (Å²) >= 11 is 0. The molecule has 0 heterocycles. The van der Waals surface area contributed by atoms with Gasteiger partial charge < -0.3 is 0 Å². The molecule has 114 valence electrons. The molecular formula is C14H12N2O4S2. The quantitative estimate of drug-likeness (QED) is 0.381. The van der Waals surface area contributed by atoms with E-state index in [1.165, 1.54) is 21.6 Å². The van der Waals surface area contributed by atoms with E-state index in [0.717, 1.165) is 9.79 Å². The minimum atomic E-state index is -0.554. The molecule has 0 bridgehead atoms. The molecule has 22 heavy (non-hydrogen) atoms. The van der Waals surface area contributed by atoms with Crippen molar-refractivity contribution in [1.29, 1.82) is 0 Å². The lowest BCUT2D eigenvalue weighted by Crippen LogP contribution is -2.18. The highest BCUT2D eigenvalue weighted by molar-refractivity contribution is 8.76. The molecule has 0 aliphatic rings. The van der Waals surface area contributed by atoms with Gasteiger partial charge in [0.2, 0.25) is 0 Å². The summed E-state index contributed by atoms with van der Waals surface area (Å²) in [6.07, 6.45) is 0. The lowest BCUT2D eigenvalue weighted by molar-refractivity contribution is 0.0702. The Bertz CT molecular complexity index is 600. The molecule has 8 heteroatoms. The Morgan fingerprint density at radius 3 is 1.27 bits per heavy atom. The van der Waals surface area contributed by atoms with Gasteiger partial charge in [0.05, 0.1) is 0 Å². The van der Waals surface area contributed by atoms with Crippen molar-refractivity contribution in [3.63, 3.8) is 0 Å². The first-order valence-corrected chi connectivity index (χ1v) is 8.22. The van der Waals surface area contributed by atoms with Crippen LogP contribution in [0.2, 0.25) is 0 Å². The van der Waals surface area contributed by atoms with Crippen LogP contribution < -0.4 is 11.0 Å². The molecule has 2 aromatic carbocycles. The third-order valence-electron chi connectivity index (χ3n) is 2.67. The molecule has 2 amide bonds. The summed E-state index contributed by atoms with van der Waals surface area (Å²) in [7, 11) is 2.99. The van der Waals surface area contributed by atoms with Gasteiger partial charge in [-0.3, -0.25) is 20.0 Å². The molecule has 0 spiro atoms. The van der Waals surface area contributed by atoms with E-state index in [1.54, 1.807) is 59.5 Å². The molecule has 0 aromatic heterocycles. The van der Waals surface area contributed by atoms with E-state index in [0.29, 0.717) is 11.1 Å². The summed E-state index contributed by atoms with van der Waals surface area (Å²) in [6.45, 7) is 0. The Morgan fingerprint density at radius 1 is 0.682 bits per heavy atom. The summed E-state index contributed by atoms with van der Waals surface area (Å²) in [5, 5.41) is 17.1. The molecule has 0 radical (unpaired) electrons. The summed E-state index contributed by atoms with van der Waals surface area (Å²) in [5.74, 6) is -1.11. The fourth-order valence-corrected chi connectivity index (χ4v) is 3.48. The number of hydroxylamine groups is 2. The second-order valence-electron chi connectivity index (χ2n) is 4.10. The maximum absolute atomic E-state index is 11.2. The van der Waals surface area contributed by atoms with E-state index >= 15 is 0 Å². The number of rotatable bonds is 5. The van der Waals surface area contributed by atoms with Gasteiger partial charge >= 0.3 is 0 Å². The first-order chi connectivity index (χ1) is 10.6. The summed E-state index contributed by atoms with van der Waals surface area (Å²) < 4.78 is 0. The highest BCUT2D eigenvalue weighted by atomic mass is 33.1. The molecule has 0 atom stereocenters. The van der Waals surface area contributed by atoms with Crippen molar-refractivity contribution >= 4 is 33.4 Å². The topological polar surface area (TPSA) is 98.7 Å². The molecule has 4 N–H and O–H groups in total. The van der Waals surface area contributed by atoms with Gasteiger partial charge in [-0.05, 0) is 48.5 Å². The fraction of sp³-hybridized carbons (Fsp3) is 0. The molecule has 0 saturated heterocycles. The second kappa shape index (κ2) is 7.85. The number of benzene rings is 2. The van der Waals surface area contributed by atoms with Crippen molar-refractivity contribution in [2.75, 3.05) is 0 Å². The molecule has 0 aliphatic carbocycles. The minimum absolute atomic E-state index is 0.371. The van der Waals surface area contributed by atoms with Crippen LogP contribution in [0.5, 0.6) is 0 Å². The molecule has 0 saturated carbocycles. The van der Waals surface area contributed by atoms with E-state index < -0.39 is 11.8 Å². The van der Waals surface area contributed by atoms with Crippen molar-refractivity contribution in [2.45, 2.75) is 9.79 Å². The Morgan fingerprint density at radius 2 is 1.00 bits per heavy atom. The Labute approximate surface area is 134 Å². The number of hydrogen-bond donors (Lipinski definition) is 4. The van der Waals surface area contributed by atoms with Crippen LogP contribution in [0.4, 0.5) is 0 Å². The van der Waals surface area contributed by atoms with Crippen LogP contribution in [0.1, 0.15) is 20.7 Å². The largest absolute Gasteiger partial charge is 0.288 e. The van der Waals surface area contributed by atoms with Gasteiger partial charge in [-0.2, -0.15) is 0 Å². The number of hydrogen-bond acceptors (Lipinski definition) is 6. The fourth-order valence-electron chi connectivity index (χ4n) is 1.55. The van der Waals surface area contributed by atoms with Crippen LogP contribution in [0.3, 0.4) is 0 Å². The zero-order valence-corrected chi connectivity index (χ0v) is 12.8. The van der Waals surface area contributed by atoms with Crippen LogP contribution in [0, 0.1) is 0 Å². The molecular weight excluding hydrogens is 324 g/mol. The predicted octanol–water partition coefficient (Wildman–Crippen LogP) is 2.72. The van der Waals surface area contributed by atoms with Crippen LogP contribution >= 0.6 is 21.6 Å². The summed E-state index contributed by atoms with van der Waals surface area (Å²) in [4.78, 5) is 24.3. The second-order valence-corrected chi connectivity index (χ2v) is 6.37. The van der Waals surface area contributed by atoms with Gasteiger partial charge in [-0.1, -0.05) is 21.6 Å². The average Bonchev–Trinajstić information content (AvgIpc) is 2.59. The van der Waals surface area contributed by atoms with Crippen molar-refractivity contribution in [2.24, 2.45) is 0 Å². The lowest BCUT2D eigenvalue weighted by atomic mass is 10.2. The maximum atomic E-state index is 11.2. The molecule has 0 fully saturated rings. The smallest absolute Gasteiger partial charge is 0.274 e. The number of carbonyl (C=O) groups is 2. The van der Waals surface area contributed by atoms with Gasteiger partial charge in [-0.15, -0.1) is 0 Å². The summed E-state index contributed by atoms with van der Waals surface area (Å²) in [6, 6.07) is 13.6. The zero-order valence-electron chi connectivity index (χ0n) is 11.1. The van der Waals surface area contributed by atoms with Crippen molar-refractivity contribution in [3.8, 4) is 0 Å². The van der Waals surface area contributed by atoms with E-state index in [9.17, 15) is 9.59 Å². The Hall–Kier alpha value is -2.00.